The molecule has 0 spiro atoms. The zero-order valence-electron chi connectivity index (χ0n) is 12.7. The largest absolute Gasteiger partial charge is 0.443 e. The molecule has 2 N–H and O–H groups in total. The van der Waals surface area contributed by atoms with E-state index in [0.717, 1.165) is 43.3 Å². The van der Waals surface area contributed by atoms with Gasteiger partial charge in [-0.3, -0.25) is 0 Å². The Morgan fingerprint density at radius 3 is 2.65 bits per heavy atom. The molecule has 112 valence electrons. The van der Waals surface area contributed by atoms with Crippen LogP contribution in [0.3, 0.4) is 0 Å². The first kappa shape index (κ1) is 14.9. The number of oxazole rings is 1. The fourth-order valence-corrected chi connectivity index (χ4v) is 2.51. The van der Waals surface area contributed by atoms with Gasteiger partial charge in [-0.05, 0) is 26.2 Å². The van der Waals surface area contributed by atoms with Crippen LogP contribution in [-0.4, -0.2) is 28.9 Å². The fourth-order valence-electron chi connectivity index (χ4n) is 2.51. The number of nitrogens with zero attached hydrogens (tertiary/aromatic N) is 3. The van der Waals surface area contributed by atoms with E-state index < -0.39 is 0 Å². The summed E-state index contributed by atoms with van der Waals surface area (Å²) in [5, 5.41) is 0. The number of likely N-dealkylation sites (tertiary alicyclic amines) is 1. The minimum absolute atomic E-state index is 0.491. The average molecular weight is 278 g/mol. The molecule has 0 amide bonds. The molecule has 0 atom stereocenters. The fraction of sp³-hybridized carbons (Fsp3) is 0.733. The molecule has 2 rings (SSSR count). The van der Waals surface area contributed by atoms with Crippen LogP contribution < -0.4 is 5.73 Å². The van der Waals surface area contributed by atoms with Gasteiger partial charge in [0, 0.05) is 19.5 Å². The molecular formula is C15H26N4O. The molecule has 0 saturated carbocycles. The predicted molar refractivity (Wildman–Crippen MR) is 80.6 cm³/mol. The number of hydrogen-bond acceptors (Lipinski definition) is 3. The third kappa shape index (κ3) is 3.99. The summed E-state index contributed by atoms with van der Waals surface area (Å²) in [5.74, 6) is 2.29. The average Bonchev–Trinajstić information content (AvgIpc) is 2.66. The molecule has 1 fully saturated rings. The molecule has 1 saturated heterocycles. The normalized spacial score (nSPS) is 17.3. The highest BCUT2D eigenvalue weighted by molar-refractivity contribution is 5.78. The van der Waals surface area contributed by atoms with Gasteiger partial charge in [0.2, 0.25) is 0 Å². The number of guanidine groups is 1. The minimum Gasteiger partial charge on any atom is -0.443 e. The Morgan fingerprint density at radius 2 is 2.00 bits per heavy atom. The van der Waals surface area contributed by atoms with Crippen molar-refractivity contribution >= 4 is 5.96 Å². The van der Waals surface area contributed by atoms with Gasteiger partial charge in [0.15, 0.2) is 11.9 Å². The first-order valence-corrected chi connectivity index (χ1v) is 7.70. The van der Waals surface area contributed by atoms with Crippen molar-refractivity contribution in [3.63, 3.8) is 0 Å². The van der Waals surface area contributed by atoms with Crippen molar-refractivity contribution in [3.05, 3.63) is 17.3 Å². The molecule has 1 aromatic rings. The Bertz CT molecular complexity index is 445. The monoisotopic (exact) mass is 278 g/mol. The Morgan fingerprint density at radius 1 is 1.30 bits per heavy atom. The van der Waals surface area contributed by atoms with Crippen molar-refractivity contribution in [3.8, 4) is 0 Å². The van der Waals surface area contributed by atoms with Gasteiger partial charge in [0.1, 0.15) is 12.3 Å². The first-order valence-electron chi connectivity index (χ1n) is 7.70. The maximum atomic E-state index is 6.10. The van der Waals surface area contributed by atoms with Gasteiger partial charge in [-0.1, -0.05) is 19.8 Å². The van der Waals surface area contributed by atoms with Crippen LogP contribution in [0.4, 0.5) is 0 Å². The van der Waals surface area contributed by atoms with Crippen molar-refractivity contribution in [2.75, 3.05) is 13.1 Å². The van der Waals surface area contributed by atoms with E-state index in [1.807, 2.05) is 6.92 Å². The summed E-state index contributed by atoms with van der Waals surface area (Å²) in [6.45, 7) is 6.62. The van der Waals surface area contributed by atoms with Crippen LogP contribution >= 0.6 is 0 Å². The quantitative estimate of drug-likeness (QED) is 0.679. The second kappa shape index (κ2) is 7.31. The molecule has 5 heteroatoms. The van der Waals surface area contributed by atoms with E-state index in [1.165, 1.54) is 25.7 Å². The Kier molecular flexibility index (Phi) is 5.44. The molecule has 0 aliphatic carbocycles. The van der Waals surface area contributed by atoms with E-state index in [1.54, 1.807) is 0 Å². The smallest absolute Gasteiger partial charge is 0.194 e. The van der Waals surface area contributed by atoms with Gasteiger partial charge in [-0.15, -0.1) is 0 Å². The molecule has 0 bridgehead atoms. The molecule has 2 heterocycles. The highest BCUT2D eigenvalue weighted by Crippen LogP contribution is 2.14. The van der Waals surface area contributed by atoms with E-state index in [9.17, 15) is 0 Å². The van der Waals surface area contributed by atoms with E-state index in [2.05, 4.69) is 21.8 Å². The van der Waals surface area contributed by atoms with E-state index in [4.69, 9.17) is 10.2 Å². The van der Waals surface area contributed by atoms with Crippen molar-refractivity contribution in [2.24, 2.45) is 10.7 Å². The number of aryl methyl sites for hydroxylation is 2. The molecular weight excluding hydrogens is 252 g/mol. The zero-order valence-corrected chi connectivity index (χ0v) is 12.7. The molecule has 1 aliphatic rings. The summed E-state index contributed by atoms with van der Waals surface area (Å²) in [4.78, 5) is 11.1. The van der Waals surface area contributed by atoms with E-state index >= 15 is 0 Å². The predicted octanol–water partition coefficient (Wildman–Crippen LogP) is 2.63. The summed E-state index contributed by atoms with van der Waals surface area (Å²) >= 11 is 0. The standard InChI is InChI=1S/C15H26N4O/c1-3-8-14-18-12(2)13(20-14)11-17-15(16)19-9-6-4-5-7-10-19/h3-11H2,1-2H3,(H2,16,17). The van der Waals surface area contributed by atoms with Crippen LogP contribution in [0.25, 0.3) is 0 Å². The number of hydrogen-bond donors (Lipinski definition) is 1. The topological polar surface area (TPSA) is 67.7 Å². The van der Waals surface area contributed by atoms with Crippen LogP contribution in [-0.2, 0) is 13.0 Å². The third-order valence-corrected chi connectivity index (χ3v) is 3.72. The molecule has 1 aliphatic heterocycles. The third-order valence-electron chi connectivity index (χ3n) is 3.72. The molecule has 0 unspecified atom stereocenters. The van der Waals surface area contributed by atoms with Crippen molar-refractivity contribution in [1.82, 2.24) is 9.88 Å². The van der Waals surface area contributed by atoms with E-state index in [0.29, 0.717) is 12.5 Å². The van der Waals surface area contributed by atoms with Gasteiger partial charge < -0.3 is 15.1 Å². The highest BCUT2D eigenvalue weighted by atomic mass is 16.4. The van der Waals surface area contributed by atoms with Gasteiger partial charge in [-0.2, -0.15) is 0 Å². The Balaban J connectivity index is 1.96. The number of aromatic nitrogens is 1. The summed E-state index contributed by atoms with van der Waals surface area (Å²) in [7, 11) is 0. The van der Waals surface area contributed by atoms with Crippen LogP contribution in [0.1, 0.15) is 56.4 Å². The number of rotatable bonds is 4. The molecule has 5 nitrogen and oxygen atoms in total. The van der Waals surface area contributed by atoms with Gasteiger partial charge >= 0.3 is 0 Å². The van der Waals surface area contributed by atoms with Crippen LogP contribution in [0.15, 0.2) is 9.41 Å². The van der Waals surface area contributed by atoms with Crippen LogP contribution in [0.2, 0.25) is 0 Å². The lowest BCUT2D eigenvalue weighted by atomic mass is 10.2. The van der Waals surface area contributed by atoms with Crippen LogP contribution in [0, 0.1) is 6.92 Å². The number of aliphatic imine (C=N–C) groups is 1. The minimum atomic E-state index is 0.491. The second-order valence-corrected chi connectivity index (χ2v) is 5.44. The first-order chi connectivity index (χ1) is 9.70. The van der Waals surface area contributed by atoms with Gasteiger partial charge in [-0.25, -0.2) is 9.98 Å². The summed E-state index contributed by atoms with van der Waals surface area (Å²) in [5.41, 5.74) is 7.03. The van der Waals surface area contributed by atoms with Gasteiger partial charge in [0.05, 0.1) is 5.69 Å². The summed E-state index contributed by atoms with van der Waals surface area (Å²) in [6, 6.07) is 0. The summed E-state index contributed by atoms with van der Waals surface area (Å²) < 4.78 is 5.72. The SMILES string of the molecule is CCCc1nc(C)c(CN=C(N)N2CCCCCC2)o1. The molecule has 20 heavy (non-hydrogen) atoms. The highest BCUT2D eigenvalue weighted by Gasteiger charge is 2.12. The van der Waals surface area contributed by atoms with Crippen molar-refractivity contribution in [2.45, 2.75) is 58.9 Å². The van der Waals surface area contributed by atoms with Crippen molar-refractivity contribution in [1.29, 1.82) is 0 Å². The van der Waals surface area contributed by atoms with Gasteiger partial charge in [0.25, 0.3) is 0 Å². The maximum Gasteiger partial charge on any atom is 0.194 e. The van der Waals surface area contributed by atoms with Crippen LogP contribution in [0.5, 0.6) is 0 Å². The molecule has 0 aromatic carbocycles. The lowest BCUT2D eigenvalue weighted by molar-refractivity contribution is 0.423. The summed E-state index contributed by atoms with van der Waals surface area (Å²) in [6.07, 6.45) is 6.93. The van der Waals surface area contributed by atoms with Crippen molar-refractivity contribution < 1.29 is 4.42 Å². The second-order valence-electron chi connectivity index (χ2n) is 5.44. The Hall–Kier alpha value is -1.52. The number of nitrogens with two attached hydrogens (primary N) is 1. The van der Waals surface area contributed by atoms with E-state index in [-0.39, 0.29) is 0 Å². The zero-order chi connectivity index (χ0) is 14.4. The maximum absolute atomic E-state index is 6.10. The lowest BCUT2D eigenvalue weighted by Crippen LogP contribution is -2.38. The molecule has 1 aromatic heterocycles. The molecule has 0 radical (unpaired) electrons. The Labute approximate surface area is 121 Å². The lowest BCUT2D eigenvalue weighted by Gasteiger charge is -2.20.